The Balaban J connectivity index is 1.71. The Hall–Kier alpha value is -2.58. The van der Waals surface area contributed by atoms with Crippen molar-refractivity contribution in [3.05, 3.63) is 107 Å². The number of rotatable bonds is 4. The third-order valence-corrected chi connectivity index (χ3v) is 5.28. The van der Waals surface area contributed by atoms with Gasteiger partial charge in [-0.3, -0.25) is 0 Å². The Morgan fingerprint density at radius 1 is 0.577 bits per heavy atom. The second-order valence-corrected chi connectivity index (χ2v) is 7.38. The summed E-state index contributed by atoms with van der Waals surface area (Å²) < 4.78 is 1.28. The molecule has 3 aromatic carbocycles. The highest BCUT2D eigenvalue weighted by molar-refractivity contribution is 9.11. The van der Waals surface area contributed by atoms with Gasteiger partial charge in [0.25, 0.3) is 0 Å². The minimum atomic E-state index is 1.08. The fraction of sp³-hybridized carbons (Fsp3) is 0.0833. The second kappa shape index (κ2) is 7.76. The van der Waals surface area contributed by atoms with Crippen molar-refractivity contribution in [1.29, 1.82) is 0 Å². The number of anilines is 3. The smallest absolute Gasteiger partial charge is 0.0462 e. The van der Waals surface area contributed by atoms with E-state index in [1.165, 1.54) is 21.3 Å². The molecule has 0 saturated carbocycles. The molecule has 1 aliphatic carbocycles. The Labute approximate surface area is 163 Å². The van der Waals surface area contributed by atoms with Crippen molar-refractivity contribution in [1.82, 2.24) is 0 Å². The number of benzene rings is 3. The van der Waals surface area contributed by atoms with Crippen LogP contribution >= 0.6 is 15.9 Å². The number of hydrogen-bond acceptors (Lipinski definition) is 1. The van der Waals surface area contributed by atoms with Gasteiger partial charge in [-0.1, -0.05) is 76.6 Å². The average molecular weight is 402 g/mol. The van der Waals surface area contributed by atoms with Gasteiger partial charge in [-0.2, -0.15) is 0 Å². The number of nitrogens with zero attached hydrogens (tertiary/aromatic N) is 1. The van der Waals surface area contributed by atoms with E-state index < -0.39 is 0 Å². The lowest BCUT2D eigenvalue weighted by Crippen LogP contribution is -2.09. The first-order chi connectivity index (χ1) is 12.8. The zero-order valence-electron chi connectivity index (χ0n) is 14.5. The van der Waals surface area contributed by atoms with Gasteiger partial charge in [-0.05, 0) is 64.9 Å². The monoisotopic (exact) mass is 401 g/mol. The van der Waals surface area contributed by atoms with E-state index in [9.17, 15) is 0 Å². The first-order valence-corrected chi connectivity index (χ1v) is 9.66. The molecule has 0 N–H and O–H groups in total. The Morgan fingerprint density at radius 2 is 1.12 bits per heavy atom. The number of allylic oxidation sites excluding steroid dienone is 4. The maximum absolute atomic E-state index is 3.58. The Bertz CT molecular complexity index is 885. The van der Waals surface area contributed by atoms with Gasteiger partial charge in [0.1, 0.15) is 0 Å². The van der Waals surface area contributed by atoms with Crippen molar-refractivity contribution >= 4 is 38.6 Å². The normalized spacial score (nSPS) is 13.7. The molecule has 4 rings (SSSR count). The van der Waals surface area contributed by atoms with Crippen molar-refractivity contribution in [3.8, 4) is 0 Å². The van der Waals surface area contributed by atoms with Crippen molar-refractivity contribution in [3.63, 3.8) is 0 Å². The van der Waals surface area contributed by atoms with Gasteiger partial charge < -0.3 is 4.90 Å². The van der Waals surface area contributed by atoms with Gasteiger partial charge in [0.05, 0.1) is 0 Å². The zero-order chi connectivity index (χ0) is 17.8. The number of halogens is 1. The van der Waals surface area contributed by atoms with E-state index in [-0.39, 0.29) is 0 Å². The molecule has 0 unspecified atom stereocenters. The summed E-state index contributed by atoms with van der Waals surface area (Å²) in [5.74, 6) is 0. The van der Waals surface area contributed by atoms with E-state index in [1.54, 1.807) is 0 Å². The molecule has 0 spiro atoms. The molecule has 2 heteroatoms. The third-order valence-electron chi connectivity index (χ3n) is 4.62. The van der Waals surface area contributed by atoms with Gasteiger partial charge in [0, 0.05) is 17.1 Å². The molecular weight excluding hydrogens is 382 g/mol. The van der Waals surface area contributed by atoms with Crippen LogP contribution in [0.1, 0.15) is 18.4 Å². The van der Waals surface area contributed by atoms with Crippen LogP contribution in [0.5, 0.6) is 0 Å². The van der Waals surface area contributed by atoms with E-state index >= 15 is 0 Å². The summed E-state index contributed by atoms with van der Waals surface area (Å²) >= 11 is 3.58. The topological polar surface area (TPSA) is 3.24 Å². The van der Waals surface area contributed by atoms with Crippen molar-refractivity contribution in [2.24, 2.45) is 0 Å². The lowest BCUT2D eigenvalue weighted by molar-refractivity contribution is 1.04. The van der Waals surface area contributed by atoms with Crippen LogP contribution in [-0.4, -0.2) is 0 Å². The maximum Gasteiger partial charge on any atom is 0.0462 e. The van der Waals surface area contributed by atoms with Gasteiger partial charge in [0.2, 0.25) is 0 Å². The molecule has 26 heavy (non-hydrogen) atoms. The van der Waals surface area contributed by atoms with Crippen LogP contribution in [0.25, 0.3) is 5.57 Å². The van der Waals surface area contributed by atoms with Crippen LogP contribution in [0.15, 0.2) is 102 Å². The molecule has 0 amide bonds. The molecule has 0 radical (unpaired) electrons. The molecule has 3 aromatic rings. The molecule has 0 bridgehead atoms. The van der Waals surface area contributed by atoms with E-state index in [0.29, 0.717) is 0 Å². The molecular formula is C24H20BrN. The molecule has 0 saturated heterocycles. The summed E-state index contributed by atoms with van der Waals surface area (Å²) in [4.78, 5) is 2.29. The minimum Gasteiger partial charge on any atom is -0.311 e. The lowest BCUT2D eigenvalue weighted by Gasteiger charge is -2.25. The fourth-order valence-corrected chi connectivity index (χ4v) is 3.61. The molecule has 0 heterocycles. The quantitative estimate of drug-likeness (QED) is 0.434. The average Bonchev–Trinajstić information content (AvgIpc) is 2.71. The van der Waals surface area contributed by atoms with Crippen LogP contribution in [0.4, 0.5) is 17.1 Å². The number of hydrogen-bond donors (Lipinski definition) is 0. The maximum atomic E-state index is 3.58. The van der Waals surface area contributed by atoms with E-state index in [1.807, 2.05) is 0 Å². The minimum absolute atomic E-state index is 1.08. The largest absolute Gasteiger partial charge is 0.311 e. The summed E-state index contributed by atoms with van der Waals surface area (Å²) in [6.45, 7) is 0. The zero-order valence-corrected chi connectivity index (χ0v) is 16.1. The lowest BCUT2D eigenvalue weighted by atomic mass is 9.97. The first-order valence-electron chi connectivity index (χ1n) is 8.87. The van der Waals surface area contributed by atoms with Crippen LogP contribution < -0.4 is 4.90 Å². The van der Waals surface area contributed by atoms with Crippen molar-refractivity contribution in [2.45, 2.75) is 12.8 Å². The molecule has 0 aromatic heterocycles. The molecule has 1 nitrogen and oxygen atoms in total. The van der Waals surface area contributed by atoms with E-state index in [0.717, 1.165) is 24.2 Å². The SMILES string of the molecule is BrC1=CC=C(c2ccc(N(c3ccccc3)c3ccccc3)cc2)CC1. The summed E-state index contributed by atoms with van der Waals surface area (Å²) in [5, 5.41) is 0. The van der Waals surface area contributed by atoms with E-state index in [2.05, 4.69) is 118 Å². The van der Waals surface area contributed by atoms with Gasteiger partial charge in [-0.15, -0.1) is 0 Å². The third kappa shape index (κ3) is 3.66. The van der Waals surface area contributed by atoms with Crippen LogP contribution in [0.2, 0.25) is 0 Å². The van der Waals surface area contributed by atoms with Gasteiger partial charge in [-0.25, -0.2) is 0 Å². The first kappa shape index (κ1) is 16.9. The summed E-state index contributed by atoms with van der Waals surface area (Å²) in [6.07, 6.45) is 6.53. The highest BCUT2D eigenvalue weighted by atomic mass is 79.9. The molecule has 1 aliphatic rings. The van der Waals surface area contributed by atoms with Gasteiger partial charge in [0.15, 0.2) is 0 Å². The predicted octanol–water partition coefficient (Wildman–Crippen LogP) is 7.61. The van der Waals surface area contributed by atoms with Gasteiger partial charge >= 0.3 is 0 Å². The standard InChI is InChI=1S/C24H20BrN/c25-21-15-11-19(12-16-21)20-13-17-24(18-14-20)26(22-7-3-1-4-8-22)23-9-5-2-6-10-23/h1-11,13-15,17-18H,12,16H2. The summed E-state index contributed by atoms with van der Waals surface area (Å²) in [6, 6.07) is 29.9. The molecule has 0 aliphatic heterocycles. The van der Waals surface area contributed by atoms with Crippen molar-refractivity contribution in [2.75, 3.05) is 4.90 Å². The predicted molar refractivity (Wildman–Crippen MR) is 115 cm³/mol. The molecule has 0 fully saturated rings. The summed E-state index contributed by atoms with van der Waals surface area (Å²) in [7, 11) is 0. The van der Waals surface area contributed by atoms with Crippen LogP contribution in [0.3, 0.4) is 0 Å². The number of para-hydroxylation sites is 2. The highest BCUT2D eigenvalue weighted by Gasteiger charge is 2.12. The second-order valence-electron chi connectivity index (χ2n) is 6.36. The Morgan fingerprint density at radius 3 is 1.62 bits per heavy atom. The summed E-state index contributed by atoms with van der Waals surface area (Å²) in [5.41, 5.74) is 6.18. The van der Waals surface area contributed by atoms with Crippen LogP contribution in [-0.2, 0) is 0 Å². The molecule has 0 atom stereocenters. The fourth-order valence-electron chi connectivity index (χ4n) is 3.28. The van der Waals surface area contributed by atoms with E-state index in [4.69, 9.17) is 0 Å². The highest BCUT2D eigenvalue weighted by Crippen LogP contribution is 2.35. The van der Waals surface area contributed by atoms with Crippen molar-refractivity contribution < 1.29 is 0 Å². The van der Waals surface area contributed by atoms with Crippen LogP contribution in [0, 0.1) is 0 Å². The Kier molecular flexibility index (Phi) is 5.03. The molecule has 128 valence electrons.